The van der Waals surface area contributed by atoms with Gasteiger partial charge >= 0.3 is 0 Å². The first-order chi connectivity index (χ1) is 8.42. The van der Waals surface area contributed by atoms with E-state index in [1.807, 2.05) is 49.1 Å². The molecule has 18 heavy (non-hydrogen) atoms. The van der Waals surface area contributed by atoms with Crippen LogP contribution in [0, 0.1) is 0 Å². The fourth-order valence-electron chi connectivity index (χ4n) is 1.87. The molecule has 0 unspecified atom stereocenters. The van der Waals surface area contributed by atoms with Gasteiger partial charge in [-0.3, -0.25) is 4.79 Å². The van der Waals surface area contributed by atoms with Gasteiger partial charge in [-0.05, 0) is 25.8 Å². The van der Waals surface area contributed by atoms with E-state index >= 15 is 0 Å². The van der Waals surface area contributed by atoms with E-state index in [4.69, 9.17) is 5.73 Å². The van der Waals surface area contributed by atoms with Gasteiger partial charge in [-0.2, -0.15) is 0 Å². The molecule has 3 heteroatoms. The van der Waals surface area contributed by atoms with Crippen LogP contribution in [0.2, 0.25) is 0 Å². The van der Waals surface area contributed by atoms with Crippen molar-refractivity contribution in [2.45, 2.75) is 45.7 Å². The molecule has 0 radical (unpaired) electrons. The second-order valence-corrected chi connectivity index (χ2v) is 5.47. The maximum absolute atomic E-state index is 12.2. The Hall–Kier alpha value is -1.35. The summed E-state index contributed by atoms with van der Waals surface area (Å²) in [6.07, 6.45) is 1.35. The van der Waals surface area contributed by atoms with Gasteiger partial charge in [0.25, 0.3) is 0 Å². The lowest BCUT2D eigenvalue weighted by atomic mass is 10.0. The Morgan fingerprint density at radius 1 is 1.28 bits per heavy atom. The molecule has 1 amide bonds. The van der Waals surface area contributed by atoms with Crippen molar-refractivity contribution >= 4 is 5.91 Å². The highest BCUT2D eigenvalue weighted by atomic mass is 16.2. The summed E-state index contributed by atoms with van der Waals surface area (Å²) in [6.45, 7) is 7.31. The molecular weight excluding hydrogens is 224 g/mol. The minimum absolute atomic E-state index is 0.133. The predicted molar refractivity (Wildman–Crippen MR) is 75.0 cm³/mol. The van der Waals surface area contributed by atoms with E-state index in [1.165, 1.54) is 0 Å². The largest absolute Gasteiger partial charge is 0.338 e. The van der Waals surface area contributed by atoms with Crippen LogP contribution in [0.3, 0.4) is 0 Å². The Labute approximate surface area is 110 Å². The summed E-state index contributed by atoms with van der Waals surface area (Å²) in [5.41, 5.74) is 6.63. The number of nitrogens with two attached hydrogens (primary N) is 1. The Morgan fingerprint density at radius 2 is 1.89 bits per heavy atom. The Balaban J connectivity index is 2.68. The van der Waals surface area contributed by atoms with Crippen molar-refractivity contribution in [3.63, 3.8) is 0 Å². The van der Waals surface area contributed by atoms with Gasteiger partial charge in [0, 0.05) is 25.0 Å². The zero-order valence-electron chi connectivity index (χ0n) is 11.6. The first-order valence-electron chi connectivity index (χ1n) is 6.53. The number of benzene rings is 1. The van der Waals surface area contributed by atoms with Gasteiger partial charge in [-0.15, -0.1) is 0 Å². The van der Waals surface area contributed by atoms with E-state index in [9.17, 15) is 4.79 Å². The second kappa shape index (κ2) is 6.55. The molecule has 0 fully saturated rings. The highest BCUT2D eigenvalue weighted by Crippen LogP contribution is 2.11. The van der Waals surface area contributed by atoms with Crippen LogP contribution in [0.4, 0.5) is 0 Å². The molecule has 1 aromatic rings. The third-order valence-electron chi connectivity index (χ3n) is 2.67. The summed E-state index contributed by atoms with van der Waals surface area (Å²) in [6, 6.07) is 10.1. The normalized spacial score (nSPS) is 11.3. The molecule has 0 spiro atoms. The number of nitrogens with zero attached hydrogens (tertiary/aromatic N) is 1. The molecule has 3 nitrogen and oxygen atoms in total. The lowest BCUT2D eigenvalue weighted by molar-refractivity contribution is -0.132. The lowest BCUT2D eigenvalue weighted by Crippen LogP contribution is -2.41. The molecule has 0 aliphatic heterocycles. The van der Waals surface area contributed by atoms with Crippen molar-refractivity contribution < 1.29 is 4.79 Å². The number of hydrogen-bond acceptors (Lipinski definition) is 2. The minimum atomic E-state index is -0.445. The molecule has 0 bridgehead atoms. The lowest BCUT2D eigenvalue weighted by Gasteiger charge is -2.26. The highest BCUT2D eigenvalue weighted by Gasteiger charge is 2.21. The molecule has 0 atom stereocenters. The number of carbonyl (C=O) groups is 1. The van der Waals surface area contributed by atoms with Crippen molar-refractivity contribution in [1.29, 1.82) is 0 Å². The fraction of sp³-hybridized carbons (Fsp3) is 0.533. The Morgan fingerprint density at radius 3 is 2.39 bits per heavy atom. The van der Waals surface area contributed by atoms with E-state index in [-0.39, 0.29) is 5.91 Å². The SMILES string of the molecule is CCCN(Cc1ccccc1)C(=O)CC(C)(C)N. The second-order valence-electron chi connectivity index (χ2n) is 5.47. The van der Waals surface area contributed by atoms with E-state index in [1.54, 1.807) is 0 Å². The first-order valence-corrected chi connectivity index (χ1v) is 6.53. The van der Waals surface area contributed by atoms with Crippen LogP contribution in [0.25, 0.3) is 0 Å². The monoisotopic (exact) mass is 248 g/mol. The highest BCUT2D eigenvalue weighted by molar-refractivity contribution is 5.77. The van der Waals surface area contributed by atoms with E-state index in [0.717, 1.165) is 18.5 Å². The number of carbonyl (C=O) groups excluding carboxylic acids is 1. The van der Waals surface area contributed by atoms with Gasteiger partial charge in [0.2, 0.25) is 5.91 Å². The summed E-state index contributed by atoms with van der Waals surface area (Å²) in [5, 5.41) is 0. The van der Waals surface area contributed by atoms with E-state index in [0.29, 0.717) is 13.0 Å². The maximum Gasteiger partial charge on any atom is 0.224 e. The van der Waals surface area contributed by atoms with E-state index < -0.39 is 5.54 Å². The molecule has 1 aromatic carbocycles. The van der Waals surface area contributed by atoms with Crippen LogP contribution in [0.15, 0.2) is 30.3 Å². The predicted octanol–water partition coefficient (Wildman–Crippen LogP) is 2.55. The van der Waals surface area contributed by atoms with Gasteiger partial charge in [-0.25, -0.2) is 0 Å². The molecule has 100 valence electrons. The van der Waals surface area contributed by atoms with Gasteiger partial charge in [0.1, 0.15) is 0 Å². The number of amides is 1. The van der Waals surface area contributed by atoms with Crippen molar-refractivity contribution in [2.24, 2.45) is 5.73 Å². The summed E-state index contributed by atoms with van der Waals surface area (Å²) < 4.78 is 0. The zero-order valence-corrected chi connectivity index (χ0v) is 11.6. The molecular formula is C15H24N2O. The zero-order chi connectivity index (χ0) is 13.6. The van der Waals surface area contributed by atoms with Crippen LogP contribution < -0.4 is 5.73 Å². The van der Waals surface area contributed by atoms with Crippen LogP contribution >= 0.6 is 0 Å². The summed E-state index contributed by atoms with van der Waals surface area (Å²) in [5.74, 6) is 0.133. The minimum Gasteiger partial charge on any atom is -0.338 e. The fourth-order valence-corrected chi connectivity index (χ4v) is 1.87. The first kappa shape index (κ1) is 14.7. The van der Waals surface area contributed by atoms with Gasteiger partial charge in [0.15, 0.2) is 0 Å². The summed E-state index contributed by atoms with van der Waals surface area (Å²) in [7, 11) is 0. The van der Waals surface area contributed by atoms with Crippen molar-refractivity contribution in [2.75, 3.05) is 6.54 Å². The van der Waals surface area contributed by atoms with E-state index in [2.05, 4.69) is 6.92 Å². The maximum atomic E-state index is 12.2. The standard InChI is InChI=1S/C15H24N2O/c1-4-10-17(14(18)11-15(2,3)16)12-13-8-6-5-7-9-13/h5-9H,4,10-12,16H2,1-3H3. The molecule has 0 aromatic heterocycles. The molecule has 0 saturated heterocycles. The van der Waals surface area contributed by atoms with Crippen molar-refractivity contribution in [3.8, 4) is 0 Å². The molecule has 2 N–H and O–H groups in total. The van der Waals surface area contributed by atoms with Crippen molar-refractivity contribution in [1.82, 2.24) is 4.90 Å². The quantitative estimate of drug-likeness (QED) is 0.841. The molecule has 1 rings (SSSR count). The third kappa shape index (κ3) is 5.32. The summed E-state index contributed by atoms with van der Waals surface area (Å²) in [4.78, 5) is 14.1. The topological polar surface area (TPSA) is 46.3 Å². The van der Waals surface area contributed by atoms with Gasteiger partial charge < -0.3 is 10.6 Å². The molecule has 0 heterocycles. The smallest absolute Gasteiger partial charge is 0.224 e. The summed E-state index contributed by atoms with van der Waals surface area (Å²) >= 11 is 0. The van der Waals surface area contributed by atoms with Crippen LogP contribution in [0.5, 0.6) is 0 Å². The number of hydrogen-bond donors (Lipinski definition) is 1. The van der Waals surface area contributed by atoms with Gasteiger partial charge in [0.05, 0.1) is 0 Å². The molecule has 0 aliphatic carbocycles. The molecule has 0 saturated carbocycles. The third-order valence-corrected chi connectivity index (χ3v) is 2.67. The number of rotatable bonds is 6. The van der Waals surface area contributed by atoms with Crippen LogP contribution in [0.1, 0.15) is 39.2 Å². The average molecular weight is 248 g/mol. The van der Waals surface area contributed by atoms with Crippen LogP contribution in [-0.4, -0.2) is 22.9 Å². The van der Waals surface area contributed by atoms with Crippen molar-refractivity contribution in [3.05, 3.63) is 35.9 Å². The van der Waals surface area contributed by atoms with Crippen LogP contribution in [-0.2, 0) is 11.3 Å². The Kier molecular flexibility index (Phi) is 5.35. The molecule has 0 aliphatic rings. The Bertz CT molecular complexity index is 368. The average Bonchev–Trinajstić information content (AvgIpc) is 2.27. The van der Waals surface area contributed by atoms with Gasteiger partial charge in [-0.1, -0.05) is 37.3 Å².